The third kappa shape index (κ3) is 4.00. The molecule has 0 saturated heterocycles. The second kappa shape index (κ2) is 7.68. The van der Waals surface area contributed by atoms with Crippen molar-refractivity contribution >= 4 is 50.6 Å². The van der Waals surface area contributed by atoms with Crippen LogP contribution >= 0.6 is 27.5 Å². The fraction of sp³-hybridized carbons (Fsp3) is 0.0526. The summed E-state index contributed by atoms with van der Waals surface area (Å²) in [5.41, 5.74) is 2.10. The normalized spacial score (nSPS) is 10.4. The quantitative estimate of drug-likeness (QED) is 0.609. The molecule has 0 saturated carbocycles. The van der Waals surface area contributed by atoms with E-state index < -0.39 is 0 Å². The predicted molar refractivity (Wildman–Crippen MR) is 106 cm³/mol. The van der Waals surface area contributed by atoms with Crippen LogP contribution in [-0.2, 0) is 0 Å². The van der Waals surface area contributed by atoms with E-state index in [9.17, 15) is 4.79 Å². The zero-order valence-corrected chi connectivity index (χ0v) is 15.8. The van der Waals surface area contributed by atoms with Crippen LogP contribution in [0.15, 0.2) is 71.3 Å². The first-order valence-electron chi connectivity index (χ1n) is 7.56. The number of anilines is 3. The molecule has 25 heavy (non-hydrogen) atoms. The maximum absolute atomic E-state index is 12.6. The van der Waals surface area contributed by atoms with Crippen molar-refractivity contribution in [2.24, 2.45) is 0 Å². The molecule has 0 spiro atoms. The summed E-state index contributed by atoms with van der Waals surface area (Å²) in [6.45, 7) is 0. The summed E-state index contributed by atoms with van der Waals surface area (Å²) in [5.74, 6) is 0.441. The molecule has 0 aliphatic heterocycles. The number of benzene rings is 2. The van der Waals surface area contributed by atoms with E-state index in [2.05, 4.69) is 26.2 Å². The summed E-state index contributed by atoms with van der Waals surface area (Å²) in [6.07, 6.45) is 1.69. The number of rotatable bonds is 4. The van der Waals surface area contributed by atoms with E-state index in [1.165, 1.54) is 0 Å². The number of nitrogens with zero attached hydrogens (tertiary/aromatic N) is 2. The monoisotopic (exact) mass is 415 g/mol. The second-order valence-electron chi connectivity index (χ2n) is 5.34. The highest BCUT2D eigenvalue weighted by Gasteiger charge is 2.15. The number of carbonyl (C=O) groups is 1. The van der Waals surface area contributed by atoms with E-state index in [0.29, 0.717) is 22.1 Å². The van der Waals surface area contributed by atoms with E-state index in [4.69, 9.17) is 11.6 Å². The molecule has 6 heteroatoms. The molecule has 0 aliphatic carbocycles. The molecule has 1 aromatic heterocycles. The lowest BCUT2D eigenvalue weighted by Gasteiger charge is -2.21. The summed E-state index contributed by atoms with van der Waals surface area (Å²) in [5, 5.41) is 3.60. The van der Waals surface area contributed by atoms with E-state index in [1.807, 2.05) is 60.5 Å². The van der Waals surface area contributed by atoms with Crippen molar-refractivity contribution < 1.29 is 4.79 Å². The van der Waals surface area contributed by atoms with Gasteiger partial charge in [0, 0.05) is 28.4 Å². The summed E-state index contributed by atoms with van der Waals surface area (Å²) in [4.78, 5) is 18.9. The first-order chi connectivity index (χ1) is 12.1. The standard InChI is InChI=1S/C19H15BrClN3O/c1-24(14-10-8-13(21)9-11-14)18-17(7-4-12-22-18)23-19(25)15-5-2-3-6-16(15)20/h2-12H,1H3,(H,23,25). The van der Waals surface area contributed by atoms with Crippen LogP contribution in [0.25, 0.3) is 0 Å². The number of halogens is 2. The summed E-state index contributed by atoms with van der Waals surface area (Å²) < 4.78 is 0.740. The SMILES string of the molecule is CN(c1ccc(Cl)cc1)c1ncccc1NC(=O)c1ccccc1Br. The number of nitrogens with one attached hydrogen (secondary N) is 1. The molecule has 4 nitrogen and oxygen atoms in total. The molecule has 0 atom stereocenters. The minimum Gasteiger partial charge on any atom is -0.328 e. The Morgan fingerprint density at radius 1 is 1.08 bits per heavy atom. The lowest BCUT2D eigenvalue weighted by Crippen LogP contribution is -2.18. The lowest BCUT2D eigenvalue weighted by molar-refractivity contribution is 0.102. The average molecular weight is 417 g/mol. The maximum Gasteiger partial charge on any atom is 0.256 e. The smallest absolute Gasteiger partial charge is 0.256 e. The van der Waals surface area contributed by atoms with E-state index in [-0.39, 0.29) is 5.91 Å². The molecule has 3 aromatic rings. The van der Waals surface area contributed by atoms with Crippen LogP contribution < -0.4 is 10.2 Å². The van der Waals surface area contributed by atoms with Crippen LogP contribution in [-0.4, -0.2) is 17.9 Å². The Hall–Kier alpha value is -2.37. The van der Waals surface area contributed by atoms with Crippen LogP contribution in [0.1, 0.15) is 10.4 Å². The Balaban J connectivity index is 1.90. The molecule has 0 fully saturated rings. The molecule has 2 aromatic carbocycles. The molecule has 3 rings (SSSR count). The molecular weight excluding hydrogens is 402 g/mol. The van der Waals surface area contributed by atoms with Gasteiger partial charge in [-0.05, 0) is 64.5 Å². The molecule has 1 heterocycles. The fourth-order valence-electron chi connectivity index (χ4n) is 2.38. The van der Waals surface area contributed by atoms with Gasteiger partial charge in [0.1, 0.15) is 0 Å². The number of amides is 1. The second-order valence-corrected chi connectivity index (χ2v) is 6.63. The molecule has 0 radical (unpaired) electrons. The molecule has 0 bridgehead atoms. The van der Waals surface area contributed by atoms with E-state index in [0.717, 1.165) is 10.2 Å². The van der Waals surface area contributed by atoms with Gasteiger partial charge >= 0.3 is 0 Å². The Bertz CT molecular complexity index is 899. The predicted octanol–water partition coefficient (Wildman–Crippen LogP) is 5.52. The molecule has 1 amide bonds. The van der Waals surface area contributed by atoms with Crippen LogP contribution in [0.5, 0.6) is 0 Å². The van der Waals surface area contributed by atoms with Crippen LogP contribution in [0.4, 0.5) is 17.2 Å². The molecule has 0 unspecified atom stereocenters. The Labute approximate surface area is 159 Å². The van der Waals surface area contributed by atoms with Crippen LogP contribution in [0.3, 0.4) is 0 Å². The van der Waals surface area contributed by atoms with Crippen molar-refractivity contribution in [2.45, 2.75) is 0 Å². The van der Waals surface area contributed by atoms with Crippen molar-refractivity contribution in [3.8, 4) is 0 Å². The minimum atomic E-state index is -0.203. The van der Waals surface area contributed by atoms with Crippen molar-refractivity contribution in [3.63, 3.8) is 0 Å². The highest BCUT2D eigenvalue weighted by Crippen LogP contribution is 2.30. The number of aromatic nitrogens is 1. The number of carbonyl (C=O) groups excluding carboxylic acids is 1. The summed E-state index contributed by atoms with van der Waals surface area (Å²) in [6, 6.07) is 18.3. The van der Waals surface area contributed by atoms with Gasteiger partial charge in [-0.2, -0.15) is 0 Å². The average Bonchev–Trinajstić information content (AvgIpc) is 2.62. The van der Waals surface area contributed by atoms with Gasteiger partial charge in [-0.15, -0.1) is 0 Å². The van der Waals surface area contributed by atoms with Crippen LogP contribution in [0.2, 0.25) is 5.02 Å². The largest absolute Gasteiger partial charge is 0.328 e. The van der Waals surface area contributed by atoms with Crippen molar-refractivity contribution in [1.82, 2.24) is 4.98 Å². The fourth-order valence-corrected chi connectivity index (χ4v) is 2.97. The van der Waals surface area contributed by atoms with Gasteiger partial charge in [-0.1, -0.05) is 23.7 Å². The highest BCUT2D eigenvalue weighted by atomic mass is 79.9. The number of pyridine rings is 1. The number of hydrogen-bond acceptors (Lipinski definition) is 3. The summed E-state index contributed by atoms with van der Waals surface area (Å²) in [7, 11) is 1.89. The van der Waals surface area contributed by atoms with Crippen molar-refractivity contribution in [3.05, 3.63) is 81.9 Å². The number of hydrogen-bond donors (Lipinski definition) is 1. The van der Waals surface area contributed by atoms with Gasteiger partial charge in [0.2, 0.25) is 0 Å². The Morgan fingerprint density at radius 3 is 2.52 bits per heavy atom. The summed E-state index contributed by atoms with van der Waals surface area (Å²) >= 11 is 9.35. The third-order valence-corrected chi connectivity index (χ3v) is 4.63. The van der Waals surface area contributed by atoms with E-state index >= 15 is 0 Å². The Morgan fingerprint density at radius 2 is 1.80 bits per heavy atom. The van der Waals surface area contributed by atoms with Gasteiger partial charge in [-0.25, -0.2) is 4.98 Å². The van der Waals surface area contributed by atoms with Gasteiger partial charge < -0.3 is 10.2 Å². The first kappa shape index (κ1) is 17.5. The molecular formula is C19H15BrClN3O. The molecule has 0 aliphatic rings. The van der Waals surface area contributed by atoms with Gasteiger partial charge in [-0.3, -0.25) is 4.79 Å². The van der Waals surface area contributed by atoms with E-state index in [1.54, 1.807) is 18.3 Å². The zero-order valence-electron chi connectivity index (χ0n) is 13.4. The lowest BCUT2D eigenvalue weighted by atomic mass is 10.2. The minimum absolute atomic E-state index is 0.203. The maximum atomic E-state index is 12.6. The highest BCUT2D eigenvalue weighted by molar-refractivity contribution is 9.10. The zero-order chi connectivity index (χ0) is 17.8. The first-order valence-corrected chi connectivity index (χ1v) is 8.73. The van der Waals surface area contributed by atoms with Crippen molar-refractivity contribution in [2.75, 3.05) is 17.3 Å². The van der Waals surface area contributed by atoms with Gasteiger partial charge in [0.25, 0.3) is 5.91 Å². The third-order valence-electron chi connectivity index (χ3n) is 3.68. The van der Waals surface area contributed by atoms with Crippen LogP contribution in [0, 0.1) is 0 Å². The van der Waals surface area contributed by atoms with Gasteiger partial charge in [0.15, 0.2) is 5.82 Å². The molecule has 1 N–H and O–H groups in total. The molecule has 126 valence electrons. The topological polar surface area (TPSA) is 45.2 Å². The van der Waals surface area contributed by atoms with Crippen molar-refractivity contribution in [1.29, 1.82) is 0 Å². The Kier molecular flexibility index (Phi) is 5.36. The van der Waals surface area contributed by atoms with Gasteiger partial charge in [0.05, 0.1) is 11.3 Å².